The van der Waals surface area contributed by atoms with Gasteiger partial charge in [0.05, 0.1) is 6.42 Å². The van der Waals surface area contributed by atoms with E-state index in [2.05, 4.69) is 4.74 Å². The van der Waals surface area contributed by atoms with E-state index in [1.165, 1.54) is 24.0 Å². The van der Waals surface area contributed by atoms with Crippen LogP contribution in [0.2, 0.25) is 0 Å². The van der Waals surface area contributed by atoms with Crippen molar-refractivity contribution in [1.29, 1.82) is 0 Å². The van der Waals surface area contributed by atoms with Crippen molar-refractivity contribution in [1.82, 2.24) is 4.90 Å². The Morgan fingerprint density at radius 3 is 2.43 bits per heavy atom. The number of halogens is 3. The molecule has 0 aliphatic carbocycles. The van der Waals surface area contributed by atoms with Crippen LogP contribution in [-0.4, -0.2) is 40.3 Å². The normalized spacial score (nSPS) is 21.3. The van der Waals surface area contributed by atoms with Crippen LogP contribution in [0.4, 0.5) is 13.2 Å². The van der Waals surface area contributed by atoms with Gasteiger partial charge in [-0.1, -0.05) is 12.1 Å². The summed E-state index contributed by atoms with van der Waals surface area (Å²) < 4.78 is 40.0. The van der Waals surface area contributed by atoms with E-state index in [4.69, 9.17) is 0 Å². The Labute approximate surface area is 130 Å². The molecular weight excluding hydrogens is 315 g/mol. The highest BCUT2D eigenvalue weighted by atomic mass is 19.4. The van der Waals surface area contributed by atoms with Crippen LogP contribution in [0.5, 0.6) is 5.75 Å². The zero-order valence-corrected chi connectivity index (χ0v) is 12.4. The molecule has 8 heteroatoms. The number of rotatable bonds is 4. The van der Waals surface area contributed by atoms with E-state index in [1.54, 1.807) is 0 Å². The largest absolute Gasteiger partial charge is 0.573 e. The third kappa shape index (κ3) is 3.94. The first-order chi connectivity index (χ1) is 10.6. The molecule has 1 aromatic carbocycles. The fourth-order valence-electron chi connectivity index (χ4n) is 2.66. The van der Waals surface area contributed by atoms with Crippen LogP contribution in [0.15, 0.2) is 24.3 Å². The number of benzene rings is 1. The van der Waals surface area contributed by atoms with Gasteiger partial charge in [0.2, 0.25) is 5.91 Å². The molecule has 0 saturated carbocycles. The lowest BCUT2D eigenvalue weighted by Crippen LogP contribution is -2.51. The molecule has 1 saturated heterocycles. The smallest absolute Gasteiger partial charge is 0.480 e. The van der Waals surface area contributed by atoms with Crippen molar-refractivity contribution in [2.45, 2.75) is 38.1 Å². The predicted molar refractivity (Wildman–Crippen MR) is 73.8 cm³/mol. The summed E-state index contributed by atoms with van der Waals surface area (Å²) in [6.45, 7) is 1.86. The van der Waals surface area contributed by atoms with Crippen molar-refractivity contribution in [3.05, 3.63) is 29.8 Å². The molecule has 0 spiro atoms. The van der Waals surface area contributed by atoms with Crippen LogP contribution in [0, 0.1) is 0 Å². The Bertz CT molecular complexity index is 600. The van der Waals surface area contributed by atoms with Gasteiger partial charge < -0.3 is 14.7 Å². The fraction of sp³-hybridized carbons (Fsp3) is 0.467. The average molecular weight is 331 g/mol. The number of hydrogen-bond donors (Lipinski definition) is 1. The number of nitrogens with zero attached hydrogens (tertiary/aromatic N) is 1. The quantitative estimate of drug-likeness (QED) is 0.921. The zero-order valence-electron chi connectivity index (χ0n) is 12.4. The highest BCUT2D eigenvalue weighted by molar-refractivity contribution is 5.88. The van der Waals surface area contributed by atoms with E-state index in [9.17, 15) is 27.9 Å². The van der Waals surface area contributed by atoms with Gasteiger partial charge in [0, 0.05) is 6.54 Å². The molecule has 126 valence electrons. The van der Waals surface area contributed by atoms with Crippen molar-refractivity contribution in [3.8, 4) is 5.75 Å². The minimum absolute atomic E-state index is 0.0742. The maximum Gasteiger partial charge on any atom is 0.573 e. The topological polar surface area (TPSA) is 66.8 Å². The van der Waals surface area contributed by atoms with Gasteiger partial charge in [0.1, 0.15) is 11.3 Å². The van der Waals surface area contributed by atoms with Crippen LogP contribution in [0.25, 0.3) is 0 Å². The molecule has 5 nitrogen and oxygen atoms in total. The number of carbonyl (C=O) groups is 2. The molecule has 1 aliphatic rings. The minimum atomic E-state index is -4.77. The van der Waals surface area contributed by atoms with Crippen molar-refractivity contribution >= 4 is 11.9 Å². The number of alkyl halides is 3. The van der Waals surface area contributed by atoms with Crippen LogP contribution in [0.3, 0.4) is 0 Å². The van der Waals surface area contributed by atoms with Crippen molar-refractivity contribution in [2.75, 3.05) is 6.54 Å². The highest BCUT2D eigenvalue weighted by Crippen LogP contribution is 2.30. The third-order valence-corrected chi connectivity index (χ3v) is 3.92. The average Bonchev–Trinajstić information content (AvgIpc) is 2.83. The minimum Gasteiger partial charge on any atom is -0.480 e. The summed E-state index contributed by atoms with van der Waals surface area (Å²) in [7, 11) is 0. The number of carboxylic acid groups (broad SMARTS) is 1. The fourth-order valence-corrected chi connectivity index (χ4v) is 2.66. The first kappa shape index (κ1) is 17.1. The second kappa shape index (κ2) is 6.10. The molecule has 1 heterocycles. The van der Waals surface area contributed by atoms with Gasteiger partial charge in [-0.3, -0.25) is 4.79 Å². The Kier molecular flexibility index (Phi) is 4.53. The summed E-state index contributed by atoms with van der Waals surface area (Å²) in [5.74, 6) is -1.79. The summed E-state index contributed by atoms with van der Waals surface area (Å²) in [6, 6.07) is 4.95. The van der Waals surface area contributed by atoms with E-state index in [1.807, 2.05) is 0 Å². The van der Waals surface area contributed by atoms with Crippen LogP contribution >= 0.6 is 0 Å². The second-order valence-corrected chi connectivity index (χ2v) is 5.60. The Morgan fingerprint density at radius 2 is 1.91 bits per heavy atom. The van der Waals surface area contributed by atoms with Crippen LogP contribution in [-0.2, 0) is 16.0 Å². The van der Waals surface area contributed by atoms with Gasteiger partial charge in [-0.15, -0.1) is 13.2 Å². The molecule has 1 amide bonds. The molecule has 0 aromatic heterocycles. The number of carboxylic acids is 1. The van der Waals surface area contributed by atoms with E-state index in [-0.39, 0.29) is 18.1 Å². The number of carbonyl (C=O) groups excluding carboxylic acids is 1. The second-order valence-electron chi connectivity index (χ2n) is 5.60. The van der Waals surface area contributed by atoms with Gasteiger partial charge in [0.25, 0.3) is 0 Å². The van der Waals surface area contributed by atoms with Crippen LogP contribution in [0.1, 0.15) is 25.3 Å². The Hall–Kier alpha value is -2.25. The van der Waals surface area contributed by atoms with Crippen molar-refractivity contribution in [3.63, 3.8) is 0 Å². The number of hydrogen-bond acceptors (Lipinski definition) is 3. The van der Waals surface area contributed by atoms with Gasteiger partial charge in [-0.05, 0) is 37.5 Å². The van der Waals surface area contributed by atoms with E-state index >= 15 is 0 Å². The molecule has 1 aromatic rings. The molecule has 1 N–H and O–H groups in total. The molecular formula is C15H16F3NO4. The summed E-state index contributed by atoms with van der Waals surface area (Å²) in [5.41, 5.74) is -0.736. The van der Waals surface area contributed by atoms with Crippen molar-refractivity contribution in [2.24, 2.45) is 0 Å². The van der Waals surface area contributed by atoms with Gasteiger partial charge in [0.15, 0.2) is 0 Å². The maximum absolute atomic E-state index is 12.3. The van der Waals surface area contributed by atoms with E-state index in [0.717, 1.165) is 12.1 Å². The molecule has 1 fully saturated rings. The van der Waals surface area contributed by atoms with E-state index < -0.39 is 17.9 Å². The SMILES string of the molecule is CC1(C(=O)O)CCCN1C(=O)Cc1ccc(OC(F)(F)F)cc1. The molecule has 1 aliphatic heterocycles. The monoisotopic (exact) mass is 331 g/mol. The summed E-state index contributed by atoms with van der Waals surface area (Å²) >= 11 is 0. The first-order valence-electron chi connectivity index (χ1n) is 7.00. The molecule has 2 rings (SSSR count). The lowest BCUT2D eigenvalue weighted by Gasteiger charge is -2.31. The molecule has 0 radical (unpaired) electrons. The standard InChI is InChI=1S/C15H16F3NO4/c1-14(13(21)22)7-2-8-19(14)12(20)9-10-3-5-11(6-4-10)23-15(16,17)18/h3-6H,2,7-9H2,1H3,(H,21,22). The molecule has 1 unspecified atom stereocenters. The lowest BCUT2D eigenvalue weighted by atomic mass is 9.98. The predicted octanol–water partition coefficient (Wildman–Crippen LogP) is 2.59. The molecule has 23 heavy (non-hydrogen) atoms. The van der Waals surface area contributed by atoms with Gasteiger partial charge in [-0.2, -0.15) is 0 Å². The molecule has 1 atom stereocenters. The number of ether oxygens (including phenoxy) is 1. The van der Waals surface area contributed by atoms with Gasteiger partial charge in [-0.25, -0.2) is 4.79 Å². The van der Waals surface area contributed by atoms with Crippen molar-refractivity contribution < 1.29 is 32.6 Å². The summed E-state index contributed by atoms with van der Waals surface area (Å²) in [4.78, 5) is 25.0. The summed E-state index contributed by atoms with van der Waals surface area (Å²) in [5, 5.41) is 9.29. The maximum atomic E-state index is 12.3. The first-order valence-corrected chi connectivity index (χ1v) is 7.00. The number of aliphatic carboxylic acids is 1. The molecule has 0 bridgehead atoms. The summed E-state index contributed by atoms with van der Waals surface area (Å²) in [6.07, 6.45) is -3.86. The van der Waals surface area contributed by atoms with E-state index in [0.29, 0.717) is 24.9 Å². The highest BCUT2D eigenvalue weighted by Gasteiger charge is 2.45. The van der Waals surface area contributed by atoms with Gasteiger partial charge >= 0.3 is 12.3 Å². The number of amides is 1. The number of likely N-dealkylation sites (tertiary alicyclic amines) is 1. The third-order valence-electron chi connectivity index (χ3n) is 3.92. The van der Waals surface area contributed by atoms with Crippen LogP contribution < -0.4 is 4.74 Å². The Balaban J connectivity index is 2.04. The lowest BCUT2D eigenvalue weighted by molar-refractivity contribution is -0.274. The zero-order chi connectivity index (χ0) is 17.3. The Morgan fingerprint density at radius 1 is 1.30 bits per heavy atom.